The molecule has 0 radical (unpaired) electrons. The smallest absolute Gasteiger partial charge is 0.238 e. The molecule has 1 aromatic rings. The SMILES string of the molecule is CCC1CCCCCN1CC(=O)Nc1ccccc1N. The normalized spacial score (nSPS) is 20.4. The lowest BCUT2D eigenvalue weighted by Gasteiger charge is -2.28. The highest BCUT2D eigenvalue weighted by molar-refractivity contribution is 5.95. The number of rotatable bonds is 4. The van der Waals surface area contributed by atoms with Crippen LogP contribution in [-0.2, 0) is 4.79 Å². The highest BCUT2D eigenvalue weighted by Crippen LogP contribution is 2.20. The Bertz CT molecular complexity index is 447. The summed E-state index contributed by atoms with van der Waals surface area (Å²) in [5.74, 6) is 0.0308. The minimum Gasteiger partial charge on any atom is -0.397 e. The molecule has 0 spiro atoms. The molecule has 1 aromatic carbocycles. The summed E-state index contributed by atoms with van der Waals surface area (Å²) >= 11 is 0. The van der Waals surface area contributed by atoms with Gasteiger partial charge in [-0.3, -0.25) is 9.69 Å². The van der Waals surface area contributed by atoms with Crippen molar-refractivity contribution >= 4 is 17.3 Å². The quantitative estimate of drug-likeness (QED) is 0.831. The van der Waals surface area contributed by atoms with Gasteiger partial charge in [-0.15, -0.1) is 0 Å². The first-order chi connectivity index (χ1) is 9.70. The maximum atomic E-state index is 12.2. The van der Waals surface area contributed by atoms with Crippen molar-refractivity contribution in [2.75, 3.05) is 24.1 Å². The molecular weight excluding hydrogens is 250 g/mol. The molecule has 1 aliphatic heterocycles. The molecule has 1 unspecified atom stereocenters. The number of nitrogens with zero attached hydrogens (tertiary/aromatic N) is 1. The molecule has 3 N–H and O–H groups in total. The van der Waals surface area contributed by atoms with Gasteiger partial charge in [0, 0.05) is 6.04 Å². The number of hydrogen-bond donors (Lipinski definition) is 2. The van der Waals surface area contributed by atoms with Crippen molar-refractivity contribution in [2.45, 2.75) is 45.1 Å². The van der Waals surface area contributed by atoms with E-state index >= 15 is 0 Å². The predicted octanol–water partition coefficient (Wildman–Crippen LogP) is 2.86. The second kappa shape index (κ2) is 7.29. The van der Waals surface area contributed by atoms with Gasteiger partial charge in [0.25, 0.3) is 0 Å². The summed E-state index contributed by atoms with van der Waals surface area (Å²) < 4.78 is 0. The van der Waals surface area contributed by atoms with E-state index < -0.39 is 0 Å². The van der Waals surface area contributed by atoms with Crippen molar-refractivity contribution in [3.8, 4) is 0 Å². The minimum atomic E-state index is 0.0308. The molecule has 4 heteroatoms. The maximum Gasteiger partial charge on any atom is 0.238 e. The molecule has 0 bridgehead atoms. The van der Waals surface area contributed by atoms with Crippen LogP contribution in [0.3, 0.4) is 0 Å². The molecule has 1 saturated heterocycles. The predicted molar refractivity (Wildman–Crippen MR) is 83.6 cm³/mol. The van der Waals surface area contributed by atoms with Gasteiger partial charge in [-0.1, -0.05) is 31.9 Å². The Morgan fingerprint density at radius 3 is 2.90 bits per heavy atom. The van der Waals surface area contributed by atoms with Crippen LogP contribution in [0.1, 0.15) is 39.0 Å². The summed E-state index contributed by atoms with van der Waals surface area (Å²) in [5, 5.41) is 2.92. The van der Waals surface area contributed by atoms with E-state index in [2.05, 4.69) is 17.1 Å². The molecule has 1 aliphatic rings. The van der Waals surface area contributed by atoms with Gasteiger partial charge in [0.05, 0.1) is 17.9 Å². The van der Waals surface area contributed by atoms with Gasteiger partial charge in [0.2, 0.25) is 5.91 Å². The fourth-order valence-corrected chi connectivity index (χ4v) is 2.89. The lowest BCUT2D eigenvalue weighted by atomic mass is 10.1. The Morgan fingerprint density at radius 1 is 1.35 bits per heavy atom. The second-order valence-corrected chi connectivity index (χ2v) is 5.52. The van der Waals surface area contributed by atoms with Crippen molar-refractivity contribution in [2.24, 2.45) is 0 Å². The third-order valence-electron chi connectivity index (χ3n) is 4.05. The molecule has 20 heavy (non-hydrogen) atoms. The van der Waals surface area contributed by atoms with Gasteiger partial charge in [-0.25, -0.2) is 0 Å². The number of hydrogen-bond acceptors (Lipinski definition) is 3. The van der Waals surface area contributed by atoms with E-state index in [0.29, 0.717) is 24.0 Å². The van der Waals surface area contributed by atoms with E-state index in [1.807, 2.05) is 18.2 Å². The number of benzene rings is 1. The fourth-order valence-electron chi connectivity index (χ4n) is 2.89. The van der Waals surface area contributed by atoms with Crippen LogP contribution in [0.25, 0.3) is 0 Å². The van der Waals surface area contributed by atoms with E-state index in [9.17, 15) is 4.79 Å². The van der Waals surface area contributed by atoms with Gasteiger partial charge in [0.1, 0.15) is 0 Å². The highest BCUT2D eigenvalue weighted by atomic mass is 16.2. The largest absolute Gasteiger partial charge is 0.397 e. The van der Waals surface area contributed by atoms with E-state index in [4.69, 9.17) is 5.73 Å². The summed E-state index contributed by atoms with van der Waals surface area (Å²) in [6.45, 7) is 3.69. The Morgan fingerprint density at radius 2 is 2.15 bits per heavy atom. The van der Waals surface area contributed by atoms with Crippen LogP contribution in [0.2, 0.25) is 0 Å². The van der Waals surface area contributed by atoms with Gasteiger partial charge >= 0.3 is 0 Å². The lowest BCUT2D eigenvalue weighted by molar-refractivity contribution is -0.117. The summed E-state index contributed by atoms with van der Waals surface area (Å²) in [6.07, 6.45) is 6.07. The molecule has 2 rings (SSSR count). The number of carbonyl (C=O) groups excluding carboxylic acids is 1. The van der Waals surface area contributed by atoms with Crippen molar-refractivity contribution in [1.29, 1.82) is 0 Å². The van der Waals surface area contributed by atoms with Gasteiger partial charge in [0.15, 0.2) is 0 Å². The van der Waals surface area contributed by atoms with E-state index in [-0.39, 0.29) is 5.91 Å². The number of carbonyl (C=O) groups is 1. The molecule has 1 fully saturated rings. The number of nitrogens with two attached hydrogens (primary N) is 1. The van der Waals surface area contributed by atoms with E-state index in [1.165, 1.54) is 25.7 Å². The number of nitrogens with one attached hydrogen (secondary N) is 1. The fraction of sp³-hybridized carbons (Fsp3) is 0.562. The topological polar surface area (TPSA) is 58.4 Å². The molecule has 0 aromatic heterocycles. The van der Waals surface area contributed by atoms with Crippen molar-refractivity contribution in [3.63, 3.8) is 0 Å². The second-order valence-electron chi connectivity index (χ2n) is 5.52. The lowest BCUT2D eigenvalue weighted by Crippen LogP contribution is -2.40. The number of likely N-dealkylation sites (tertiary alicyclic amines) is 1. The Kier molecular flexibility index (Phi) is 5.41. The first-order valence-electron chi connectivity index (χ1n) is 7.59. The standard InChI is InChI=1S/C16H25N3O/c1-2-13-8-4-3-7-11-19(13)12-16(20)18-15-10-6-5-9-14(15)17/h5-6,9-10,13H,2-4,7-8,11-12,17H2,1H3,(H,18,20). The van der Waals surface area contributed by atoms with Crippen molar-refractivity contribution in [3.05, 3.63) is 24.3 Å². The molecule has 0 saturated carbocycles. The van der Waals surface area contributed by atoms with Gasteiger partial charge < -0.3 is 11.1 Å². The third-order valence-corrected chi connectivity index (χ3v) is 4.05. The van der Waals surface area contributed by atoms with Crippen LogP contribution in [0.4, 0.5) is 11.4 Å². The van der Waals surface area contributed by atoms with Crippen LogP contribution in [0.5, 0.6) is 0 Å². The average molecular weight is 275 g/mol. The zero-order chi connectivity index (χ0) is 14.4. The maximum absolute atomic E-state index is 12.2. The van der Waals surface area contributed by atoms with Crippen LogP contribution in [-0.4, -0.2) is 29.9 Å². The summed E-state index contributed by atoms with van der Waals surface area (Å²) in [7, 11) is 0. The van der Waals surface area contributed by atoms with Crippen molar-refractivity contribution in [1.82, 2.24) is 4.90 Å². The highest BCUT2D eigenvalue weighted by Gasteiger charge is 2.21. The molecular formula is C16H25N3O. The molecule has 110 valence electrons. The van der Waals surface area contributed by atoms with Crippen molar-refractivity contribution < 1.29 is 4.79 Å². The number of para-hydroxylation sites is 2. The Balaban J connectivity index is 1.94. The monoisotopic (exact) mass is 275 g/mol. The zero-order valence-corrected chi connectivity index (χ0v) is 12.3. The summed E-state index contributed by atoms with van der Waals surface area (Å²) in [6, 6.07) is 7.93. The minimum absolute atomic E-state index is 0.0308. The first-order valence-corrected chi connectivity index (χ1v) is 7.59. The van der Waals surface area contributed by atoms with Crippen LogP contribution < -0.4 is 11.1 Å². The number of nitrogen functional groups attached to an aromatic ring is 1. The number of amides is 1. The van der Waals surface area contributed by atoms with Crippen LogP contribution >= 0.6 is 0 Å². The Hall–Kier alpha value is -1.55. The van der Waals surface area contributed by atoms with Gasteiger partial charge in [-0.05, 0) is 37.9 Å². The third kappa shape index (κ3) is 3.97. The van der Waals surface area contributed by atoms with E-state index in [0.717, 1.165) is 13.0 Å². The number of anilines is 2. The van der Waals surface area contributed by atoms with Gasteiger partial charge in [-0.2, -0.15) is 0 Å². The molecule has 1 amide bonds. The summed E-state index contributed by atoms with van der Waals surface area (Å²) in [4.78, 5) is 14.5. The molecule has 1 heterocycles. The molecule has 1 atom stereocenters. The average Bonchev–Trinajstić information content (AvgIpc) is 2.66. The molecule has 0 aliphatic carbocycles. The van der Waals surface area contributed by atoms with E-state index in [1.54, 1.807) is 6.07 Å². The Labute approximate surface area is 121 Å². The van der Waals surface area contributed by atoms with Crippen LogP contribution in [0.15, 0.2) is 24.3 Å². The first kappa shape index (κ1) is 14.9. The van der Waals surface area contributed by atoms with Crippen LogP contribution in [0, 0.1) is 0 Å². The summed E-state index contributed by atoms with van der Waals surface area (Å²) in [5.41, 5.74) is 7.18. The molecule has 4 nitrogen and oxygen atoms in total. The zero-order valence-electron chi connectivity index (χ0n) is 12.3.